The number of para-hydroxylation sites is 2. The number of rotatable bonds is 13. The van der Waals surface area contributed by atoms with Gasteiger partial charge in [0.1, 0.15) is 6.61 Å². The first-order valence-corrected chi connectivity index (χ1v) is 8.01. The maximum atomic E-state index is 5.75. The van der Waals surface area contributed by atoms with E-state index in [2.05, 4.69) is 19.2 Å². The number of nitrogens with one attached hydrogen (secondary N) is 1. The van der Waals surface area contributed by atoms with Crippen molar-refractivity contribution in [2.75, 3.05) is 39.5 Å². The third-order valence-electron chi connectivity index (χ3n) is 2.91. The molecule has 120 valence electrons. The summed E-state index contributed by atoms with van der Waals surface area (Å²) in [5, 5.41) is 3.30. The lowest BCUT2D eigenvalue weighted by atomic mass is 10.3. The van der Waals surface area contributed by atoms with Crippen molar-refractivity contribution in [3.05, 3.63) is 24.3 Å². The predicted molar refractivity (Wildman–Crippen MR) is 86.3 cm³/mol. The maximum absolute atomic E-state index is 5.75. The Bertz CT molecular complexity index is 358. The molecular weight excluding hydrogens is 266 g/mol. The first-order chi connectivity index (χ1) is 10.4. The van der Waals surface area contributed by atoms with E-state index in [1.165, 1.54) is 6.42 Å². The van der Waals surface area contributed by atoms with Gasteiger partial charge in [0.2, 0.25) is 0 Å². The fourth-order valence-corrected chi connectivity index (χ4v) is 1.75. The molecule has 0 heterocycles. The third kappa shape index (κ3) is 8.58. The van der Waals surface area contributed by atoms with Crippen LogP contribution in [0.15, 0.2) is 24.3 Å². The summed E-state index contributed by atoms with van der Waals surface area (Å²) >= 11 is 0. The highest BCUT2D eigenvalue weighted by molar-refractivity contribution is 5.39. The lowest BCUT2D eigenvalue weighted by Gasteiger charge is -2.12. The minimum atomic E-state index is 0.626. The lowest BCUT2D eigenvalue weighted by Crippen LogP contribution is -2.25. The van der Waals surface area contributed by atoms with Gasteiger partial charge in [0.25, 0.3) is 0 Å². The van der Waals surface area contributed by atoms with E-state index in [0.717, 1.165) is 50.6 Å². The van der Waals surface area contributed by atoms with Gasteiger partial charge in [0, 0.05) is 19.7 Å². The first-order valence-electron chi connectivity index (χ1n) is 8.01. The van der Waals surface area contributed by atoms with Gasteiger partial charge in [-0.05, 0) is 25.0 Å². The van der Waals surface area contributed by atoms with Gasteiger partial charge >= 0.3 is 0 Å². The molecule has 21 heavy (non-hydrogen) atoms. The standard InChI is InChI=1S/C17H29NO3/c1-3-5-13-19-14-10-18-11-15-21-17-9-7-6-8-16(17)20-12-4-2/h6-9,18H,3-5,10-15H2,1-2H3. The van der Waals surface area contributed by atoms with Crippen LogP contribution in [0, 0.1) is 0 Å². The summed E-state index contributed by atoms with van der Waals surface area (Å²) in [5.41, 5.74) is 0. The van der Waals surface area contributed by atoms with E-state index >= 15 is 0 Å². The second-order valence-electron chi connectivity index (χ2n) is 4.86. The molecular formula is C17H29NO3. The molecule has 1 rings (SSSR count). The van der Waals surface area contributed by atoms with Crippen LogP contribution in [0.2, 0.25) is 0 Å². The number of hydrogen-bond donors (Lipinski definition) is 1. The molecule has 0 radical (unpaired) electrons. The van der Waals surface area contributed by atoms with Crippen LogP contribution >= 0.6 is 0 Å². The highest BCUT2D eigenvalue weighted by Crippen LogP contribution is 2.26. The molecule has 4 heteroatoms. The van der Waals surface area contributed by atoms with Crippen molar-refractivity contribution in [3.8, 4) is 11.5 Å². The van der Waals surface area contributed by atoms with Crippen molar-refractivity contribution in [1.82, 2.24) is 5.32 Å². The van der Waals surface area contributed by atoms with E-state index in [0.29, 0.717) is 13.2 Å². The van der Waals surface area contributed by atoms with Gasteiger partial charge in [-0.2, -0.15) is 0 Å². The summed E-state index contributed by atoms with van der Waals surface area (Å²) in [5.74, 6) is 1.63. The Morgan fingerprint density at radius 1 is 0.810 bits per heavy atom. The van der Waals surface area contributed by atoms with E-state index < -0.39 is 0 Å². The van der Waals surface area contributed by atoms with Crippen molar-refractivity contribution < 1.29 is 14.2 Å². The third-order valence-corrected chi connectivity index (χ3v) is 2.91. The average molecular weight is 295 g/mol. The largest absolute Gasteiger partial charge is 0.490 e. The zero-order valence-corrected chi connectivity index (χ0v) is 13.4. The van der Waals surface area contributed by atoms with Gasteiger partial charge in [0.15, 0.2) is 11.5 Å². The van der Waals surface area contributed by atoms with Gasteiger partial charge in [-0.1, -0.05) is 32.4 Å². The summed E-state index contributed by atoms with van der Waals surface area (Å²) < 4.78 is 16.9. The SMILES string of the molecule is CCCCOCCNCCOc1ccccc1OCCC. The molecule has 1 N–H and O–H groups in total. The number of unbranched alkanes of at least 4 members (excludes halogenated alkanes) is 1. The monoisotopic (exact) mass is 295 g/mol. The molecule has 1 aromatic rings. The van der Waals surface area contributed by atoms with Gasteiger partial charge < -0.3 is 19.5 Å². The summed E-state index contributed by atoms with van der Waals surface area (Å²) in [6, 6.07) is 7.81. The topological polar surface area (TPSA) is 39.7 Å². The fourth-order valence-electron chi connectivity index (χ4n) is 1.75. The Morgan fingerprint density at radius 2 is 1.48 bits per heavy atom. The minimum absolute atomic E-state index is 0.626. The predicted octanol–water partition coefficient (Wildman–Crippen LogP) is 3.26. The van der Waals surface area contributed by atoms with Crippen molar-refractivity contribution in [3.63, 3.8) is 0 Å². The van der Waals surface area contributed by atoms with Crippen molar-refractivity contribution in [2.24, 2.45) is 0 Å². The Morgan fingerprint density at radius 3 is 2.14 bits per heavy atom. The molecule has 0 spiro atoms. The van der Waals surface area contributed by atoms with Crippen LogP contribution in [0.25, 0.3) is 0 Å². The van der Waals surface area contributed by atoms with Crippen LogP contribution < -0.4 is 14.8 Å². The zero-order valence-electron chi connectivity index (χ0n) is 13.4. The smallest absolute Gasteiger partial charge is 0.161 e. The molecule has 0 amide bonds. The fraction of sp³-hybridized carbons (Fsp3) is 0.647. The molecule has 0 saturated carbocycles. The molecule has 0 fully saturated rings. The highest BCUT2D eigenvalue weighted by Gasteiger charge is 2.03. The molecule has 0 aromatic heterocycles. The van der Waals surface area contributed by atoms with E-state index in [4.69, 9.17) is 14.2 Å². The Labute approximate surface area is 128 Å². The van der Waals surface area contributed by atoms with Crippen molar-refractivity contribution in [2.45, 2.75) is 33.1 Å². The molecule has 4 nitrogen and oxygen atoms in total. The summed E-state index contributed by atoms with van der Waals surface area (Å²) in [7, 11) is 0. The van der Waals surface area contributed by atoms with Crippen LogP contribution in [0.4, 0.5) is 0 Å². The van der Waals surface area contributed by atoms with Crippen LogP contribution in [-0.2, 0) is 4.74 Å². The Hall–Kier alpha value is -1.26. The van der Waals surface area contributed by atoms with E-state index in [1.54, 1.807) is 0 Å². The number of ether oxygens (including phenoxy) is 3. The van der Waals surface area contributed by atoms with E-state index in [-0.39, 0.29) is 0 Å². The second-order valence-corrected chi connectivity index (χ2v) is 4.86. The normalized spacial score (nSPS) is 10.6. The number of benzene rings is 1. The lowest BCUT2D eigenvalue weighted by molar-refractivity contribution is 0.132. The van der Waals surface area contributed by atoms with Crippen molar-refractivity contribution >= 4 is 0 Å². The summed E-state index contributed by atoms with van der Waals surface area (Å²) in [6.07, 6.45) is 3.31. The van der Waals surface area contributed by atoms with Crippen LogP contribution in [0.5, 0.6) is 11.5 Å². The molecule has 0 aliphatic carbocycles. The Kier molecular flexibility index (Phi) is 10.6. The van der Waals surface area contributed by atoms with E-state index in [9.17, 15) is 0 Å². The molecule has 1 aromatic carbocycles. The van der Waals surface area contributed by atoms with Crippen molar-refractivity contribution in [1.29, 1.82) is 0 Å². The molecule has 0 aliphatic rings. The molecule has 0 bridgehead atoms. The quantitative estimate of drug-likeness (QED) is 0.567. The van der Waals surface area contributed by atoms with Gasteiger partial charge in [0.05, 0.1) is 13.2 Å². The molecule has 0 saturated heterocycles. The molecule has 0 atom stereocenters. The minimum Gasteiger partial charge on any atom is -0.490 e. The molecule has 0 aliphatic heterocycles. The zero-order chi connectivity index (χ0) is 15.2. The Balaban J connectivity index is 2.09. The molecule has 0 unspecified atom stereocenters. The van der Waals surface area contributed by atoms with E-state index in [1.807, 2.05) is 24.3 Å². The first kappa shape index (κ1) is 17.8. The van der Waals surface area contributed by atoms with Crippen LogP contribution in [0.3, 0.4) is 0 Å². The van der Waals surface area contributed by atoms with Gasteiger partial charge in [-0.25, -0.2) is 0 Å². The maximum Gasteiger partial charge on any atom is 0.161 e. The average Bonchev–Trinajstić information content (AvgIpc) is 2.52. The van der Waals surface area contributed by atoms with Crippen LogP contribution in [0.1, 0.15) is 33.1 Å². The van der Waals surface area contributed by atoms with Crippen LogP contribution in [-0.4, -0.2) is 39.5 Å². The van der Waals surface area contributed by atoms with Gasteiger partial charge in [-0.3, -0.25) is 0 Å². The summed E-state index contributed by atoms with van der Waals surface area (Å²) in [4.78, 5) is 0. The van der Waals surface area contributed by atoms with Gasteiger partial charge in [-0.15, -0.1) is 0 Å². The number of hydrogen-bond acceptors (Lipinski definition) is 4. The highest BCUT2D eigenvalue weighted by atomic mass is 16.5. The summed E-state index contributed by atoms with van der Waals surface area (Å²) in [6.45, 7) is 8.89. The second kappa shape index (κ2) is 12.5.